The summed E-state index contributed by atoms with van der Waals surface area (Å²) < 4.78 is 0. The molecule has 4 nitrogen and oxygen atoms in total. The van der Waals surface area contributed by atoms with Gasteiger partial charge in [0.05, 0.1) is 0 Å². The summed E-state index contributed by atoms with van der Waals surface area (Å²) in [4.78, 5) is 25.6. The highest BCUT2D eigenvalue weighted by molar-refractivity contribution is 5.84. The second kappa shape index (κ2) is 6.95. The fourth-order valence-corrected chi connectivity index (χ4v) is 2.94. The molecule has 2 atom stereocenters. The van der Waals surface area contributed by atoms with Crippen LogP contribution < -0.4 is 0 Å². The molecule has 1 saturated carbocycles. The van der Waals surface area contributed by atoms with Crippen LogP contribution in [0.25, 0.3) is 0 Å². The molecule has 120 valence electrons. The number of carboxylic acids is 1. The Morgan fingerprint density at radius 3 is 2.23 bits per heavy atom. The summed E-state index contributed by atoms with van der Waals surface area (Å²) in [6, 6.07) is 9.37. The van der Waals surface area contributed by atoms with Crippen LogP contribution in [0.15, 0.2) is 30.3 Å². The van der Waals surface area contributed by atoms with Gasteiger partial charge in [-0.3, -0.25) is 4.79 Å². The maximum atomic E-state index is 12.7. The number of benzene rings is 1. The third-order valence-electron chi connectivity index (χ3n) is 4.43. The average molecular weight is 303 g/mol. The Hall–Kier alpha value is -1.84. The molecule has 0 aromatic heterocycles. The summed E-state index contributed by atoms with van der Waals surface area (Å²) in [7, 11) is 0. The molecule has 1 aromatic carbocycles. The first-order valence-corrected chi connectivity index (χ1v) is 8.00. The van der Waals surface area contributed by atoms with E-state index in [1.807, 2.05) is 30.3 Å². The van der Waals surface area contributed by atoms with E-state index in [0.717, 1.165) is 18.4 Å². The Morgan fingerprint density at radius 2 is 1.77 bits per heavy atom. The van der Waals surface area contributed by atoms with Crippen molar-refractivity contribution in [3.05, 3.63) is 35.9 Å². The van der Waals surface area contributed by atoms with Gasteiger partial charge in [0.2, 0.25) is 5.91 Å². The van der Waals surface area contributed by atoms with E-state index in [4.69, 9.17) is 0 Å². The Balaban J connectivity index is 2.14. The summed E-state index contributed by atoms with van der Waals surface area (Å²) in [6.07, 6.45) is 2.21. The lowest BCUT2D eigenvalue weighted by atomic mass is 9.85. The van der Waals surface area contributed by atoms with Gasteiger partial charge in [-0.2, -0.15) is 0 Å². The number of hydrogen-bond donors (Lipinski definition) is 1. The van der Waals surface area contributed by atoms with Crippen molar-refractivity contribution in [1.29, 1.82) is 0 Å². The average Bonchev–Trinajstić information content (AvgIpc) is 3.30. The summed E-state index contributed by atoms with van der Waals surface area (Å²) in [5, 5.41) is 9.24. The molecule has 0 heterocycles. The summed E-state index contributed by atoms with van der Waals surface area (Å²) in [6.45, 7) is 5.81. The molecule has 1 aliphatic rings. The molecule has 0 saturated heterocycles. The molecule has 1 aromatic rings. The normalized spacial score (nSPS) is 17.1. The van der Waals surface area contributed by atoms with E-state index in [1.165, 1.54) is 0 Å². The molecule has 4 heteroatoms. The SMILES string of the molecule is CC(C)C(CC(=O)N(C1CC1)C(C)C(=O)O)c1ccccc1. The molecule has 2 rings (SSSR count). The minimum Gasteiger partial charge on any atom is -0.480 e. The Morgan fingerprint density at radius 1 is 1.18 bits per heavy atom. The number of amides is 1. The van der Waals surface area contributed by atoms with Crippen molar-refractivity contribution >= 4 is 11.9 Å². The minimum atomic E-state index is -0.930. The molecule has 0 aliphatic heterocycles. The number of carboxylic acid groups (broad SMARTS) is 1. The number of nitrogens with zero attached hydrogens (tertiary/aromatic N) is 1. The van der Waals surface area contributed by atoms with E-state index < -0.39 is 12.0 Å². The van der Waals surface area contributed by atoms with Crippen LogP contribution in [0.4, 0.5) is 0 Å². The van der Waals surface area contributed by atoms with E-state index in [9.17, 15) is 14.7 Å². The highest BCUT2D eigenvalue weighted by Gasteiger charge is 2.39. The first-order valence-electron chi connectivity index (χ1n) is 8.00. The largest absolute Gasteiger partial charge is 0.480 e. The molecule has 0 spiro atoms. The number of hydrogen-bond acceptors (Lipinski definition) is 2. The van der Waals surface area contributed by atoms with Gasteiger partial charge >= 0.3 is 5.97 Å². The van der Waals surface area contributed by atoms with Crippen LogP contribution in [0.3, 0.4) is 0 Å². The van der Waals surface area contributed by atoms with Crippen molar-refractivity contribution in [2.75, 3.05) is 0 Å². The van der Waals surface area contributed by atoms with Crippen molar-refractivity contribution in [1.82, 2.24) is 4.90 Å². The van der Waals surface area contributed by atoms with Crippen LogP contribution in [-0.2, 0) is 9.59 Å². The van der Waals surface area contributed by atoms with E-state index in [2.05, 4.69) is 13.8 Å². The van der Waals surface area contributed by atoms with Gasteiger partial charge < -0.3 is 10.0 Å². The van der Waals surface area contributed by atoms with Crippen LogP contribution in [-0.4, -0.2) is 34.0 Å². The number of carbonyl (C=O) groups excluding carboxylic acids is 1. The van der Waals surface area contributed by atoms with Gasteiger partial charge in [-0.05, 0) is 37.2 Å². The highest BCUT2D eigenvalue weighted by atomic mass is 16.4. The van der Waals surface area contributed by atoms with Crippen molar-refractivity contribution < 1.29 is 14.7 Å². The summed E-state index contributed by atoms with van der Waals surface area (Å²) in [5.74, 6) is -0.524. The van der Waals surface area contributed by atoms with Crippen LogP contribution in [0, 0.1) is 5.92 Å². The van der Waals surface area contributed by atoms with Crippen LogP contribution in [0.1, 0.15) is 51.5 Å². The monoisotopic (exact) mass is 303 g/mol. The lowest BCUT2D eigenvalue weighted by molar-refractivity contribution is -0.150. The molecule has 22 heavy (non-hydrogen) atoms. The molecule has 1 aliphatic carbocycles. The molecule has 1 fully saturated rings. The zero-order valence-corrected chi connectivity index (χ0v) is 13.5. The smallest absolute Gasteiger partial charge is 0.326 e. The van der Waals surface area contributed by atoms with Crippen LogP contribution >= 0.6 is 0 Å². The second-order valence-corrected chi connectivity index (χ2v) is 6.51. The third kappa shape index (κ3) is 3.87. The number of aliphatic carboxylic acids is 1. The second-order valence-electron chi connectivity index (χ2n) is 6.51. The number of carbonyl (C=O) groups is 2. The van der Waals surface area contributed by atoms with E-state index in [0.29, 0.717) is 12.3 Å². The van der Waals surface area contributed by atoms with Crippen molar-refractivity contribution in [3.8, 4) is 0 Å². The van der Waals surface area contributed by atoms with Gasteiger partial charge in [-0.25, -0.2) is 4.79 Å². The van der Waals surface area contributed by atoms with Gasteiger partial charge in [0.15, 0.2) is 0 Å². The van der Waals surface area contributed by atoms with E-state index >= 15 is 0 Å². The summed E-state index contributed by atoms with van der Waals surface area (Å²) in [5.41, 5.74) is 1.14. The summed E-state index contributed by atoms with van der Waals surface area (Å²) >= 11 is 0. The van der Waals surface area contributed by atoms with E-state index in [-0.39, 0.29) is 17.9 Å². The molecular weight excluding hydrogens is 278 g/mol. The van der Waals surface area contributed by atoms with Crippen LogP contribution in [0.5, 0.6) is 0 Å². The molecule has 0 radical (unpaired) electrons. The molecular formula is C18H25NO3. The first kappa shape index (κ1) is 16.5. The fraction of sp³-hybridized carbons (Fsp3) is 0.556. The van der Waals surface area contributed by atoms with Crippen molar-refractivity contribution in [3.63, 3.8) is 0 Å². The topological polar surface area (TPSA) is 57.6 Å². The molecule has 2 unspecified atom stereocenters. The number of rotatable bonds is 7. The van der Waals surface area contributed by atoms with Gasteiger partial charge in [0.1, 0.15) is 6.04 Å². The fourth-order valence-electron chi connectivity index (χ4n) is 2.94. The third-order valence-corrected chi connectivity index (χ3v) is 4.43. The van der Waals surface area contributed by atoms with Gasteiger partial charge in [-0.15, -0.1) is 0 Å². The predicted octanol–water partition coefficient (Wildman–Crippen LogP) is 3.28. The predicted molar refractivity (Wildman–Crippen MR) is 85.6 cm³/mol. The molecule has 1 N–H and O–H groups in total. The van der Waals surface area contributed by atoms with Gasteiger partial charge in [0, 0.05) is 12.5 Å². The zero-order chi connectivity index (χ0) is 16.3. The van der Waals surface area contributed by atoms with E-state index in [1.54, 1.807) is 11.8 Å². The first-order chi connectivity index (χ1) is 10.4. The Kier molecular flexibility index (Phi) is 5.22. The van der Waals surface area contributed by atoms with Crippen molar-refractivity contribution in [2.24, 2.45) is 5.92 Å². The maximum Gasteiger partial charge on any atom is 0.326 e. The quantitative estimate of drug-likeness (QED) is 0.841. The highest BCUT2D eigenvalue weighted by Crippen LogP contribution is 2.33. The standard InChI is InChI=1S/C18H25NO3/c1-12(2)16(14-7-5-4-6-8-14)11-17(20)19(15-9-10-15)13(3)18(21)22/h4-8,12-13,15-16H,9-11H2,1-3H3,(H,21,22). The minimum absolute atomic E-state index is 0.0417. The Bertz CT molecular complexity index is 522. The molecule has 0 bridgehead atoms. The van der Waals surface area contributed by atoms with Gasteiger partial charge in [0.25, 0.3) is 0 Å². The lowest BCUT2D eigenvalue weighted by Gasteiger charge is -2.29. The van der Waals surface area contributed by atoms with Crippen LogP contribution in [0.2, 0.25) is 0 Å². The lowest BCUT2D eigenvalue weighted by Crippen LogP contribution is -2.45. The molecule has 1 amide bonds. The Labute approximate surface area is 132 Å². The van der Waals surface area contributed by atoms with Crippen molar-refractivity contribution in [2.45, 2.75) is 58.0 Å². The zero-order valence-electron chi connectivity index (χ0n) is 13.5. The maximum absolute atomic E-state index is 12.7. The van der Waals surface area contributed by atoms with Gasteiger partial charge in [-0.1, -0.05) is 44.2 Å².